The molecule has 0 radical (unpaired) electrons. The van der Waals surface area contributed by atoms with E-state index in [1.165, 1.54) is 5.56 Å². The van der Waals surface area contributed by atoms with E-state index in [4.69, 9.17) is 11.6 Å². The minimum atomic E-state index is 0.708. The highest BCUT2D eigenvalue weighted by atomic mass is 79.9. The van der Waals surface area contributed by atoms with Gasteiger partial charge >= 0.3 is 0 Å². The lowest BCUT2D eigenvalue weighted by Crippen LogP contribution is -2.00. The van der Waals surface area contributed by atoms with Crippen LogP contribution in [-0.2, 0) is 6.54 Å². The minimum Gasteiger partial charge on any atom is -0.381 e. The predicted molar refractivity (Wildman–Crippen MR) is 85.4 cm³/mol. The van der Waals surface area contributed by atoms with E-state index in [1.54, 1.807) is 0 Å². The summed E-state index contributed by atoms with van der Waals surface area (Å²) in [6.07, 6.45) is 0. The third-order valence-corrected chi connectivity index (χ3v) is 4.40. The van der Waals surface area contributed by atoms with Crippen molar-refractivity contribution >= 4 is 49.1 Å². The van der Waals surface area contributed by atoms with Crippen molar-refractivity contribution in [2.24, 2.45) is 0 Å². The van der Waals surface area contributed by atoms with E-state index >= 15 is 0 Å². The fourth-order valence-electron chi connectivity index (χ4n) is 1.63. The number of halogens is 3. The van der Waals surface area contributed by atoms with E-state index in [0.29, 0.717) is 6.54 Å². The minimum absolute atomic E-state index is 0.708. The molecule has 18 heavy (non-hydrogen) atoms. The van der Waals surface area contributed by atoms with Crippen LogP contribution in [0, 0.1) is 6.92 Å². The van der Waals surface area contributed by atoms with Crippen molar-refractivity contribution in [2.75, 3.05) is 5.32 Å². The molecule has 1 nitrogen and oxygen atoms in total. The van der Waals surface area contributed by atoms with Crippen LogP contribution >= 0.6 is 43.5 Å². The van der Waals surface area contributed by atoms with Crippen molar-refractivity contribution in [3.05, 3.63) is 61.5 Å². The molecule has 0 heterocycles. The summed E-state index contributed by atoms with van der Waals surface area (Å²) in [5.41, 5.74) is 3.37. The average molecular weight is 390 g/mol. The standard InChI is InChI=1S/C14H12Br2ClN/c1-9-6-12(3-4-13(9)16)18-8-10-7-11(15)2-5-14(10)17/h2-7,18H,8H2,1H3. The Balaban J connectivity index is 2.11. The van der Waals surface area contributed by atoms with E-state index in [1.807, 2.05) is 30.3 Å². The molecule has 2 rings (SSSR count). The van der Waals surface area contributed by atoms with Gasteiger partial charge in [0.1, 0.15) is 0 Å². The van der Waals surface area contributed by atoms with Gasteiger partial charge in [0.25, 0.3) is 0 Å². The van der Waals surface area contributed by atoms with Gasteiger partial charge in [-0.3, -0.25) is 0 Å². The van der Waals surface area contributed by atoms with Gasteiger partial charge in [-0.05, 0) is 54.4 Å². The molecule has 0 atom stereocenters. The van der Waals surface area contributed by atoms with E-state index in [2.05, 4.69) is 50.2 Å². The van der Waals surface area contributed by atoms with E-state index in [-0.39, 0.29) is 0 Å². The van der Waals surface area contributed by atoms with E-state index in [9.17, 15) is 0 Å². The van der Waals surface area contributed by atoms with Crippen LogP contribution in [0.15, 0.2) is 45.3 Å². The molecule has 0 aliphatic rings. The lowest BCUT2D eigenvalue weighted by atomic mass is 10.2. The highest BCUT2D eigenvalue weighted by Crippen LogP contribution is 2.24. The molecule has 94 valence electrons. The molecule has 0 saturated heterocycles. The van der Waals surface area contributed by atoms with Gasteiger partial charge in [-0.25, -0.2) is 0 Å². The highest BCUT2D eigenvalue weighted by molar-refractivity contribution is 9.10. The second-order valence-corrected chi connectivity index (χ2v) is 6.23. The van der Waals surface area contributed by atoms with Crippen LogP contribution in [0.3, 0.4) is 0 Å². The molecule has 0 aromatic heterocycles. The van der Waals surface area contributed by atoms with Crippen LogP contribution in [0.5, 0.6) is 0 Å². The first-order valence-electron chi connectivity index (χ1n) is 5.50. The number of hydrogen-bond acceptors (Lipinski definition) is 1. The van der Waals surface area contributed by atoms with Gasteiger partial charge in [-0.1, -0.05) is 43.5 Å². The Bertz CT molecular complexity index is 570. The molecule has 0 spiro atoms. The fraction of sp³-hybridized carbons (Fsp3) is 0.143. The zero-order valence-electron chi connectivity index (χ0n) is 9.81. The van der Waals surface area contributed by atoms with Crippen molar-refractivity contribution < 1.29 is 0 Å². The molecule has 0 saturated carbocycles. The summed E-state index contributed by atoms with van der Waals surface area (Å²) in [4.78, 5) is 0. The van der Waals surface area contributed by atoms with Crippen LogP contribution in [0.4, 0.5) is 5.69 Å². The first kappa shape index (κ1) is 13.9. The van der Waals surface area contributed by atoms with Gasteiger partial charge in [0.05, 0.1) is 0 Å². The lowest BCUT2D eigenvalue weighted by molar-refractivity contribution is 1.14. The maximum Gasteiger partial charge on any atom is 0.0456 e. The molecular formula is C14H12Br2ClN. The van der Waals surface area contributed by atoms with Crippen LogP contribution in [0.25, 0.3) is 0 Å². The van der Waals surface area contributed by atoms with E-state index < -0.39 is 0 Å². The van der Waals surface area contributed by atoms with Crippen molar-refractivity contribution in [1.82, 2.24) is 0 Å². The van der Waals surface area contributed by atoms with Crippen molar-refractivity contribution in [3.8, 4) is 0 Å². The highest BCUT2D eigenvalue weighted by Gasteiger charge is 2.02. The maximum atomic E-state index is 6.15. The smallest absolute Gasteiger partial charge is 0.0456 e. The second kappa shape index (κ2) is 6.09. The summed E-state index contributed by atoms with van der Waals surface area (Å²) < 4.78 is 2.16. The third-order valence-electron chi connectivity index (χ3n) is 2.65. The SMILES string of the molecule is Cc1cc(NCc2cc(Br)ccc2Cl)ccc1Br. The number of benzene rings is 2. The van der Waals surface area contributed by atoms with Gasteiger partial charge in [-0.15, -0.1) is 0 Å². The van der Waals surface area contributed by atoms with Crippen molar-refractivity contribution in [1.29, 1.82) is 0 Å². The summed E-state index contributed by atoms with van der Waals surface area (Å²) in [6, 6.07) is 12.1. The molecule has 0 fully saturated rings. The Morgan fingerprint density at radius 1 is 1.11 bits per heavy atom. The largest absolute Gasteiger partial charge is 0.381 e. The molecule has 2 aromatic rings. The summed E-state index contributed by atoms with van der Waals surface area (Å²) >= 11 is 13.1. The topological polar surface area (TPSA) is 12.0 Å². The number of hydrogen-bond donors (Lipinski definition) is 1. The van der Waals surface area contributed by atoms with Gasteiger partial charge < -0.3 is 5.32 Å². The molecule has 4 heteroatoms. The fourth-order valence-corrected chi connectivity index (χ4v) is 2.47. The Morgan fingerprint density at radius 3 is 2.61 bits per heavy atom. The molecular weight excluding hydrogens is 377 g/mol. The number of nitrogens with one attached hydrogen (secondary N) is 1. The molecule has 0 bridgehead atoms. The average Bonchev–Trinajstić information content (AvgIpc) is 2.34. The van der Waals surface area contributed by atoms with Crippen molar-refractivity contribution in [2.45, 2.75) is 13.5 Å². The summed E-state index contributed by atoms with van der Waals surface area (Å²) in [6.45, 7) is 2.78. The van der Waals surface area contributed by atoms with Crippen molar-refractivity contribution in [3.63, 3.8) is 0 Å². The number of rotatable bonds is 3. The molecule has 0 aliphatic carbocycles. The molecule has 0 amide bonds. The zero-order valence-corrected chi connectivity index (χ0v) is 13.7. The molecule has 0 unspecified atom stereocenters. The van der Waals surface area contributed by atoms with E-state index in [0.717, 1.165) is 25.2 Å². The Morgan fingerprint density at radius 2 is 1.89 bits per heavy atom. The van der Waals surface area contributed by atoms with Gasteiger partial charge in [-0.2, -0.15) is 0 Å². The van der Waals surface area contributed by atoms with Crippen LogP contribution in [0.2, 0.25) is 5.02 Å². The van der Waals surface area contributed by atoms with Gasteiger partial charge in [0, 0.05) is 26.2 Å². The second-order valence-electron chi connectivity index (χ2n) is 4.05. The first-order chi connectivity index (χ1) is 8.56. The Hall–Kier alpha value is -0.510. The monoisotopic (exact) mass is 387 g/mol. The zero-order chi connectivity index (χ0) is 13.1. The maximum absolute atomic E-state index is 6.15. The van der Waals surface area contributed by atoms with Gasteiger partial charge in [0.2, 0.25) is 0 Å². The van der Waals surface area contributed by atoms with Crippen LogP contribution < -0.4 is 5.32 Å². The Kier molecular flexibility index (Phi) is 4.71. The molecule has 2 aromatic carbocycles. The summed E-state index contributed by atoms with van der Waals surface area (Å²) in [5.74, 6) is 0. The number of anilines is 1. The molecule has 0 aliphatic heterocycles. The first-order valence-corrected chi connectivity index (χ1v) is 7.46. The Labute approximate surface area is 129 Å². The van der Waals surface area contributed by atoms with Crippen LogP contribution in [-0.4, -0.2) is 0 Å². The summed E-state index contributed by atoms with van der Waals surface area (Å²) in [7, 11) is 0. The quantitative estimate of drug-likeness (QED) is 0.701. The third kappa shape index (κ3) is 3.50. The molecule has 1 N–H and O–H groups in total. The summed E-state index contributed by atoms with van der Waals surface area (Å²) in [5, 5.41) is 4.15. The number of aryl methyl sites for hydroxylation is 1. The predicted octanol–water partition coefficient (Wildman–Crippen LogP) is 5.79. The lowest BCUT2D eigenvalue weighted by Gasteiger charge is -2.10. The van der Waals surface area contributed by atoms with Crippen LogP contribution in [0.1, 0.15) is 11.1 Å². The van der Waals surface area contributed by atoms with Gasteiger partial charge in [0.15, 0.2) is 0 Å². The normalized spacial score (nSPS) is 10.4.